The summed E-state index contributed by atoms with van der Waals surface area (Å²) in [5.41, 5.74) is 7.74. The summed E-state index contributed by atoms with van der Waals surface area (Å²) in [6.45, 7) is 4.05. The highest BCUT2D eigenvalue weighted by Gasteiger charge is 2.18. The Morgan fingerprint density at radius 1 is 1.50 bits per heavy atom. The van der Waals surface area contributed by atoms with E-state index in [4.69, 9.17) is 5.73 Å². The number of carbonyl (C=O) groups excluding carboxylic acids is 1. The molecule has 2 amide bonds. The van der Waals surface area contributed by atoms with Crippen molar-refractivity contribution in [2.75, 3.05) is 39.0 Å². The van der Waals surface area contributed by atoms with E-state index in [9.17, 15) is 4.79 Å². The summed E-state index contributed by atoms with van der Waals surface area (Å²) >= 11 is 0. The Morgan fingerprint density at radius 2 is 2.33 bits per heavy atom. The topological polar surface area (TPSA) is 61.6 Å². The number of amides is 2. The quantitative estimate of drug-likeness (QED) is 0.755. The van der Waals surface area contributed by atoms with Gasteiger partial charge in [0.2, 0.25) is 0 Å². The Kier molecular flexibility index (Phi) is 4.04. The first-order valence-electron chi connectivity index (χ1n) is 6.21. The van der Waals surface area contributed by atoms with Crippen LogP contribution in [0.25, 0.3) is 0 Å². The smallest absolute Gasteiger partial charge is 0.317 e. The first-order valence-corrected chi connectivity index (χ1v) is 6.21. The Morgan fingerprint density at radius 3 is 3.00 bits per heavy atom. The van der Waals surface area contributed by atoms with Crippen molar-refractivity contribution in [3.8, 4) is 0 Å². The standard InChI is InChI=1S/C13H20N4O/c1-16(7-8-17-6-5-15-13(17)18)10-11-3-2-4-12(14)9-11/h2-4,9H,5-8,10,14H2,1H3,(H,15,18). The molecular weight excluding hydrogens is 228 g/mol. The van der Waals surface area contributed by atoms with Crippen molar-refractivity contribution in [2.24, 2.45) is 0 Å². The molecule has 0 aliphatic carbocycles. The van der Waals surface area contributed by atoms with Crippen molar-refractivity contribution in [1.29, 1.82) is 0 Å². The van der Waals surface area contributed by atoms with E-state index in [1.54, 1.807) is 0 Å². The average molecular weight is 248 g/mol. The van der Waals surface area contributed by atoms with Crippen LogP contribution < -0.4 is 11.1 Å². The normalized spacial score (nSPS) is 15.2. The number of likely N-dealkylation sites (N-methyl/N-ethyl adjacent to an activating group) is 1. The molecule has 0 spiro atoms. The first kappa shape index (κ1) is 12.7. The van der Waals surface area contributed by atoms with Crippen LogP contribution in [0.2, 0.25) is 0 Å². The zero-order chi connectivity index (χ0) is 13.0. The van der Waals surface area contributed by atoms with E-state index in [1.807, 2.05) is 23.1 Å². The molecule has 18 heavy (non-hydrogen) atoms. The number of urea groups is 1. The summed E-state index contributed by atoms with van der Waals surface area (Å²) in [5.74, 6) is 0. The predicted molar refractivity (Wildman–Crippen MR) is 72.2 cm³/mol. The fourth-order valence-corrected chi connectivity index (χ4v) is 2.10. The van der Waals surface area contributed by atoms with Crippen molar-refractivity contribution >= 4 is 11.7 Å². The fourth-order valence-electron chi connectivity index (χ4n) is 2.10. The van der Waals surface area contributed by atoms with Gasteiger partial charge in [-0.15, -0.1) is 0 Å². The second-order valence-electron chi connectivity index (χ2n) is 4.70. The molecular formula is C13H20N4O. The Balaban J connectivity index is 1.78. The van der Waals surface area contributed by atoms with E-state index in [0.717, 1.165) is 38.4 Å². The summed E-state index contributed by atoms with van der Waals surface area (Å²) in [6.07, 6.45) is 0. The van der Waals surface area contributed by atoms with Gasteiger partial charge in [0, 0.05) is 38.4 Å². The van der Waals surface area contributed by atoms with Crippen LogP contribution >= 0.6 is 0 Å². The van der Waals surface area contributed by atoms with Gasteiger partial charge in [-0.1, -0.05) is 12.1 Å². The van der Waals surface area contributed by atoms with Gasteiger partial charge in [0.25, 0.3) is 0 Å². The molecule has 5 nitrogen and oxygen atoms in total. The minimum absolute atomic E-state index is 0.0485. The lowest BCUT2D eigenvalue weighted by atomic mass is 10.2. The van der Waals surface area contributed by atoms with Crippen molar-refractivity contribution in [2.45, 2.75) is 6.54 Å². The minimum atomic E-state index is 0.0485. The number of nitrogens with one attached hydrogen (secondary N) is 1. The van der Waals surface area contributed by atoms with Gasteiger partial charge in [-0.3, -0.25) is 0 Å². The van der Waals surface area contributed by atoms with Crippen LogP contribution in [0.4, 0.5) is 10.5 Å². The van der Waals surface area contributed by atoms with Crippen LogP contribution in [0.1, 0.15) is 5.56 Å². The van der Waals surface area contributed by atoms with E-state index in [2.05, 4.69) is 23.3 Å². The van der Waals surface area contributed by atoms with Crippen LogP contribution in [0.5, 0.6) is 0 Å². The third-order valence-electron chi connectivity index (χ3n) is 3.10. The van der Waals surface area contributed by atoms with Gasteiger partial charge < -0.3 is 20.9 Å². The number of hydrogen-bond donors (Lipinski definition) is 2. The van der Waals surface area contributed by atoms with Crippen LogP contribution in [0.15, 0.2) is 24.3 Å². The molecule has 1 aromatic rings. The zero-order valence-electron chi connectivity index (χ0n) is 10.7. The number of nitrogens with two attached hydrogens (primary N) is 1. The second kappa shape index (κ2) is 5.73. The Labute approximate surface area is 108 Å². The molecule has 0 saturated carbocycles. The SMILES string of the molecule is CN(CCN1CCNC1=O)Cc1cccc(N)c1. The molecule has 1 heterocycles. The molecule has 5 heteroatoms. The number of carbonyl (C=O) groups is 1. The van der Waals surface area contributed by atoms with Crippen molar-refractivity contribution in [1.82, 2.24) is 15.1 Å². The third-order valence-corrected chi connectivity index (χ3v) is 3.10. The van der Waals surface area contributed by atoms with E-state index in [-0.39, 0.29) is 6.03 Å². The Hall–Kier alpha value is -1.75. The third kappa shape index (κ3) is 3.37. The maximum atomic E-state index is 11.4. The van der Waals surface area contributed by atoms with Crippen LogP contribution in [-0.2, 0) is 6.54 Å². The van der Waals surface area contributed by atoms with E-state index < -0.39 is 0 Å². The lowest BCUT2D eigenvalue weighted by Crippen LogP contribution is -2.35. The summed E-state index contributed by atoms with van der Waals surface area (Å²) in [5, 5.41) is 2.80. The number of anilines is 1. The molecule has 0 bridgehead atoms. The Bertz CT molecular complexity index is 421. The molecule has 1 aromatic carbocycles. The first-order chi connectivity index (χ1) is 8.65. The van der Waals surface area contributed by atoms with E-state index >= 15 is 0 Å². The van der Waals surface area contributed by atoms with Crippen LogP contribution in [-0.4, -0.2) is 49.1 Å². The summed E-state index contributed by atoms with van der Waals surface area (Å²) in [4.78, 5) is 15.4. The lowest BCUT2D eigenvalue weighted by Gasteiger charge is -2.21. The second-order valence-corrected chi connectivity index (χ2v) is 4.70. The summed E-state index contributed by atoms with van der Waals surface area (Å²) in [7, 11) is 2.05. The number of nitrogen functional groups attached to an aromatic ring is 1. The van der Waals surface area contributed by atoms with Gasteiger partial charge in [0.15, 0.2) is 0 Å². The summed E-state index contributed by atoms with van der Waals surface area (Å²) < 4.78 is 0. The molecule has 3 N–H and O–H groups in total. The van der Waals surface area contributed by atoms with Crippen LogP contribution in [0.3, 0.4) is 0 Å². The fraction of sp³-hybridized carbons (Fsp3) is 0.462. The van der Waals surface area contributed by atoms with E-state index in [1.165, 1.54) is 5.56 Å². The molecule has 0 unspecified atom stereocenters. The van der Waals surface area contributed by atoms with Gasteiger partial charge in [-0.25, -0.2) is 4.79 Å². The molecule has 0 atom stereocenters. The van der Waals surface area contributed by atoms with E-state index in [0.29, 0.717) is 0 Å². The molecule has 0 radical (unpaired) electrons. The molecule has 1 saturated heterocycles. The van der Waals surface area contributed by atoms with Gasteiger partial charge >= 0.3 is 6.03 Å². The highest BCUT2D eigenvalue weighted by atomic mass is 16.2. The number of benzene rings is 1. The highest BCUT2D eigenvalue weighted by Crippen LogP contribution is 2.08. The number of rotatable bonds is 5. The van der Waals surface area contributed by atoms with Gasteiger partial charge in [-0.05, 0) is 24.7 Å². The molecule has 1 fully saturated rings. The van der Waals surface area contributed by atoms with Crippen molar-refractivity contribution in [3.05, 3.63) is 29.8 Å². The monoisotopic (exact) mass is 248 g/mol. The molecule has 2 rings (SSSR count). The number of nitrogens with zero attached hydrogens (tertiary/aromatic N) is 2. The molecule has 1 aliphatic rings. The van der Waals surface area contributed by atoms with Gasteiger partial charge in [0.05, 0.1) is 0 Å². The molecule has 0 aromatic heterocycles. The van der Waals surface area contributed by atoms with Gasteiger partial charge in [0.1, 0.15) is 0 Å². The maximum Gasteiger partial charge on any atom is 0.317 e. The average Bonchev–Trinajstić information content (AvgIpc) is 2.72. The van der Waals surface area contributed by atoms with Crippen molar-refractivity contribution < 1.29 is 4.79 Å². The lowest BCUT2D eigenvalue weighted by molar-refractivity contribution is 0.207. The predicted octanol–water partition coefficient (Wildman–Crippen LogP) is 0.726. The summed E-state index contributed by atoms with van der Waals surface area (Å²) in [6, 6.07) is 7.95. The van der Waals surface area contributed by atoms with Gasteiger partial charge in [-0.2, -0.15) is 0 Å². The molecule has 1 aliphatic heterocycles. The molecule has 98 valence electrons. The van der Waals surface area contributed by atoms with Crippen molar-refractivity contribution in [3.63, 3.8) is 0 Å². The zero-order valence-corrected chi connectivity index (χ0v) is 10.7. The number of hydrogen-bond acceptors (Lipinski definition) is 3. The highest BCUT2D eigenvalue weighted by molar-refractivity contribution is 5.76. The minimum Gasteiger partial charge on any atom is -0.399 e. The van der Waals surface area contributed by atoms with Crippen LogP contribution in [0, 0.1) is 0 Å². The largest absolute Gasteiger partial charge is 0.399 e. The maximum absolute atomic E-state index is 11.4.